The van der Waals surface area contributed by atoms with Gasteiger partial charge in [0.1, 0.15) is 0 Å². The zero-order chi connectivity index (χ0) is 22.2. The predicted molar refractivity (Wildman–Crippen MR) is 139 cm³/mol. The second-order valence-electron chi connectivity index (χ2n) is 8.25. The van der Waals surface area contributed by atoms with E-state index < -0.39 is 0 Å². The molecule has 180 valence electrons. The zero-order valence-corrected chi connectivity index (χ0v) is 21.3. The van der Waals surface area contributed by atoms with Gasteiger partial charge in [-0.3, -0.25) is 4.99 Å². The van der Waals surface area contributed by atoms with Gasteiger partial charge in [-0.25, -0.2) is 9.37 Å². The van der Waals surface area contributed by atoms with Crippen molar-refractivity contribution >= 4 is 35.8 Å². The van der Waals surface area contributed by atoms with E-state index in [0.29, 0.717) is 31.6 Å². The highest BCUT2D eigenvalue weighted by Gasteiger charge is 2.25. The highest BCUT2D eigenvalue weighted by molar-refractivity contribution is 14.0. The van der Waals surface area contributed by atoms with Crippen LogP contribution in [0.5, 0.6) is 0 Å². The Labute approximate surface area is 212 Å². The van der Waals surface area contributed by atoms with Crippen molar-refractivity contribution in [3.05, 3.63) is 59.5 Å². The van der Waals surface area contributed by atoms with E-state index in [-0.39, 0.29) is 35.8 Å². The van der Waals surface area contributed by atoms with Crippen LogP contribution in [0.1, 0.15) is 30.4 Å². The summed E-state index contributed by atoms with van der Waals surface area (Å²) < 4.78 is 25.5. The third-order valence-electron chi connectivity index (χ3n) is 5.90. The van der Waals surface area contributed by atoms with Gasteiger partial charge in [-0.2, -0.15) is 0 Å². The van der Waals surface area contributed by atoms with Crippen molar-refractivity contribution in [3.8, 4) is 0 Å². The first-order chi connectivity index (χ1) is 15.7. The molecule has 9 heteroatoms. The Morgan fingerprint density at radius 1 is 1.21 bits per heavy atom. The van der Waals surface area contributed by atoms with Gasteiger partial charge in [0.25, 0.3) is 0 Å². The van der Waals surface area contributed by atoms with E-state index in [2.05, 4.69) is 44.9 Å². The number of rotatable bonds is 7. The SMILES string of the molecule is CN=C(NCc1cccc(COC2CCOCC2)c1)NC1CCN(c2ncccc2F)C1.I. The monoisotopic (exact) mass is 569 g/mol. The second kappa shape index (κ2) is 13.0. The number of hydrogen-bond acceptors (Lipinski definition) is 5. The lowest BCUT2D eigenvalue weighted by molar-refractivity contribution is -0.0390. The lowest BCUT2D eigenvalue weighted by atomic mass is 10.1. The number of nitrogens with zero attached hydrogens (tertiary/aromatic N) is 3. The van der Waals surface area contributed by atoms with Crippen LogP contribution >= 0.6 is 24.0 Å². The molecule has 1 aromatic heterocycles. The molecule has 3 heterocycles. The summed E-state index contributed by atoms with van der Waals surface area (Å²) in [6.45, 7) is 4.31. The van der Waals surface area contributed by atoms with Gasteiger partial charge >= 0.3 is 0 Å². The molecular formula is C24H33FIN5O2. The van der Waals surface area contributed by atoms with Gasteiger partial charge < -0.3 is 25.0 Å². The van der Waals surface area contributed by atoms with Gasteiger partial charge in [-0.15, -0.1) is 24.0 Å². The fourth-order valence-corrected chi connectivity index (χ4v) is 4.14. The minimum absolute atomic E-state index is 0. The van der Waals surface area contributed by atoms with Gasteiger partial charge in [0.2, 0.25) is 0 Å². The van der Waals surface area contributed by atoms with E-state index >= 15 is 0 Å². The van der Waals surface area contributed by atoms with Crippen LogP contribution in [0.2, 0.25) is 0 Å². The molecule has 1 aromatic carbocycles. The number of benzene rings is 1. The van der Waals surface area contributed by atoms with Crippen LogP contribution in [-0.2, 0) is 22.6 Å². The molecule has 4 rings (SSSR count). The van der Waals surface area contributed by atoms with E-state index in [1.54, 1.807) is 19.3 Å². The first-order valence-corrected chi connectivity index (χ1v) is 11.3. The Morgan fingerprint density at radius 2 is 2.03 bits per heavy atom. The maximum atomic E-state index is 14.0. The van der Waals surface area contributed by atoms with E-state index in [1.165, 1.54) is 17.2 Å². The van der Waals surface area contributed by atoms with Crippen LogP contribution in [0.3, 0.4) is 0 Å². The molecule has 2 aromatic rings. The van der Waals surface area contributed by atoms with E-state index in [9.17, 15) is 4.39 Å². The quantitative estimate of drug-likeness (QED) is 0.303. The first-order valence-electron chi connectivity index (χ1n) is 11.3. The van der Waals surface area contributed by atoms with Crippen LogP contribution in [0.4, 0.5) is 10.2 Å². The molecule has 0 aliphatic carbocycles. The number of hydrogen-bond donors (Lipinski definition) is 2. The summed E-state index contributed by atoms with van der Waals surface area (Å²) in [6.07, 6.45) is 4.75. The normalized spacial score (nSPS) is 19.3. The Bertz CT molecular complexity index is 910. The Kier molecular flexibility index (Phi) is 10.1. The van der Waals surface area contributed by atoms with Crippen LogP contribution in [-0.4, -0.2) is 56.4 Å². The van der Waals surface area contributed by atoms with Crippen molar-refractivity contribution in [3.63, 3.8) is 0 Å². The van der Waals surface area contributed by atoms with Crippen molar-refractivity contribution in [2.45, 2.75) is 44.6 Å². The molecule has 7 nitrogen and oxygen atoms in total. The summed E-state index contributed by atoms with van der Waals surface area (Å²) in [5, 5.41) is 6.83. The minimum Gasteiger partial charge on any atom is -0.381 e. The molecule has 0 saturated carbocycles. The zero-order valence-electron chi connectivity index (χ0n) is 19.0. The number of aromatic nitrogens is 1. The number of anilines is 1. The number of ether oxygens (including phenoxy) is 2. The van der Waals surface area contributed by atoms with Gasteiger partial charge in [0.05, 0.1) is 12.7 Å². The van der Waals surface area contributed by atoms with Crippen LogP contribution in [0, 0.1) is 5.82 Å². The molecule has 2 aliphatic rings. The number of nitrogens with one attached hydrogen (secondary N) is 2. The van der Waals surface area contributed by atoms with Gasteiger partial charge in [0, 0.05) is 52.1 Å². The third-order valence-corrected chi connectivity index (χ3v) is 5.90. The van der Waals surface area contributed by atoms with Crippen LogP contribution < -0.4 is 15.5 Å². The van der Waals surface area contributed by atoms with Crippen molar-refractivity contribution in [1.29, 1.82) is 0 Å². The minimum atomic E-state index is -0.281. The van der Waals surface area contributed by atoms with Gasteiger partial charge in [0.15, 0.2) is 17.6 Å². The number of aliphatic imine (C=N–C) groups is 1. The molecule has 2 aliphatic heterocycles. The summed E-state index contributed by atoms with van der Waals surface area (Å²) in [5.41, 5.74) is 2.34. The molecule has 2 N–H and O–H groups in total. The molecular weight excluding hydrogens is 536 g/mol. The summed E-state index contributed by atoms with van der Waals surface area (Å²) in [5.74, 6) is 0.873. The average Bonchev–Trinajstić information content (AvgIpc) is 3.30. The lowest BCUT2D eigenvalue weighted by Crippen LogP contribution is -2.44. The van der Waals surface area contributed by atoms with Crippen molar-refractivity contribution in [2.75, 3.05) is 38.3 Å². The number of pyridine rings is 1. The van der Waals surface area contributed by atoms with E-state index in [0.717, 1.165) is 45.0 Å². The molecule has 1 unspecified atom stereocenters. The summed E-state index contributed by atoms with van der Waals surface area (Å²) in [6, 6.07) is 11.7. The summed E-state index contributed by atoms with van der Waals surface area (Å²) in [4.78, 5) is 10.5. The topological polar surface area (TPSA) is 71.0 Å². The molecule has 2 saturated heterocycles. The van der Waals surface area contributed by atoms with Crippen LogP contribution in [0.25, 0.3) is 0 Å². The van der Waals surface area contributed by atoms with Crippen LogP contribution in [0.15, 0.2) is 47.6 Å². The second-order valence-corrected chi connectivity index (χ2v) is 8.25. The summed E-state index contributed by atoms with van der Waals surface area (Å²) >= 11 is 0. The molecule has 33 heavy (non-hydrogen) atoms. The largest absolute Gasteiger partial charge is 0.381 e. The van der Waals surface area contributed by atoms with Crippen molar-refractivity contribution < 1.29 is 13.9 Å². The number of guanidine groups is 1. The first kappa shape index (κ1) is 25.6. The lowest BCUT2D eigenvalue weighted by Gasteiger charge is -2.22. The van der Waals surface area contributed by atoms with Crippen molar-refractivity contribution in [1.82, 2.24) is 15.6 Å². The molecule has 0 amide bonds. The summed E-state index contributed by atoms with van der Waals surface area (Å²) in [7, 11) is 1.76. The molecule has 0 spiro atoms. The number of halogens is 2. The average molecular weight is 569 g/mol. The fourth-order valence-electron chi connectivity index (χ4n) is 4.14. The molecule has 0 radical (unpaired) electrons. The molecule has 2 fully saturated rings. The third kappa shape index (κ3) is 7.51. The van der Waals surface area contributed by atoms with E-state index in [1.807, 2.05) is 4.90 Å². The highest BCUT2D eigenvalue weighted by atomic mass is 127. The smallest absolute Gasteiger partial charge is 0.191 e. The molecule has 0 bridgehead atoms. The van der Waals surface area contributed by atoms with E-state index in [4.69, 9.17) is 9.47 Å². The fraction of sp³-hybridized carbons (Fsp3) is 0.500. The maximum absolute atomic E-state index is 14.0. The Morgan fingerprint density at radius 3 is 2.82 bits per heavy atom. The van der Waals surface area contributed by atoms with Gasteiger partial charge in [-0.05, 0) is 42.5 Å². The predicted octanol–water partition coefficient (Wildman–Crippen LogP) is 3.48. The maximum Gasteiger partial charge on any atom is 0.191 e. The standard InChI is InChI=1S/C24H32FN5O2.HI/c1-26-24(29-20-7-11-30(16-20)23-22(25)6-3-10-27-23)28-15-18-4-2-5-19(14-18)17-32-21-8-12-31-13-9-21;/h2-6,10,14,20-21H,7-9,11-13,15-17H2,1H3,(H2,26,28,29);1H. The van der Waals surface area contributed by atoms with Crippen molar-refractivity contribution in [2.24, 2.45) is 4.99 Å². The Balaban J connectivity index is 0.00000306. The van der Waals surface area contributed by atoms with Gasteiger partial charge in [-0.1, -0.05) is 24.3 Å². The Hall–Kier alpha value is -1.98. The molecule has 1 atom stereocenters. The highest BCUT2D eigenvalue weighted by Crippen LogP contribution is 2.20.